The number of pyridine rings is 1. The smallest absolute Gasteiger partial charge is 0.341 e. The van der Waals surface area contributed by atoms with Crippen LogP contribution in [0.1, 0.15) is 85.5 Å². The van der Waals surface area contributed by atoms with E-state index < -0.39 is 76.2 Å². The Balaban J connectivity index is 1.57. The van der Waals surface area contributed by atoms with E-state index in [9.17, 15) is 24.0 Å². The van der Waals surface area contributed by atoms with Crippen LogP contribution in [0.4, 0.5) is 0 Å². The van der Waals surface area contributed by atoms with Crippen molar-refractivity contribution in [2.24, 2.45) is 23.8 Å². The maximum Gasteiger partial charge on any atom is 0.341 e. The second-order valence-electron chi connectivity index (χ2n) is 14.2. The van der Waals surface area contributed by atoms with Crippen molar-refractivity contribution >= 4 is 23.9 Å². The van der Waals surface area contributed by atoms with E-state index in [0.29, 0.717) is 12.8 Å². The molecule has 0 unspecified atom stereocenters. The number of carbonyl (C=O) groups excluding carboxylic acids is 4. The van der Waals surface area contributed by atoms with Crippen LogP contribution in [0.15, 0.2) is 69.1 Å². The van der Waals surface area contributed by atoms with Gasteiger partial charge in [-0.05, 0) is 57.2 Å². The third-order valence-corrected chi connectivity index (χ3v) is 10.6. The van der Waals surface area contributed by atoms with Gasteiger partial charge in [-0.25, -0.2) is 14.4 Å². The Morgan fingerprint density at radius 2 is 1.40 bits per heavy atom. The second kappa shape index (κ2) is 11.5. The summed E-state index contributed by atoms with van der Waals surface area (Å²) in [5.41, 5.74) is -4.83. The molecule has 13 nitrogen and oxygen atoms in total. The molecule has 0 aromatic carbocycles. The maximum absolute atomic E-state index is 13.9. The lowest BCUT2D eigenvalue weighted by molar-refractivity contribution is -0.316. The lowest BCUT2D eigenvalue weighted by atomic mass is 9.44. The first-order valence-corrected chi connectivity index (χ1v) is 15.7. The molecule has 4 heterocycles. The first-order chi connectivity index (χ1) is 22.5. The molecule has 2 saturated carbocycles. The van der Waals surface area contributed by atoms with Crippen LogP contribution >= 0.6 is 0 Å². The topological polar surface area (TPSA) is 163 Å². The molecule has 256 valence electrons. The molecule has 2 bridgehead atoms. The molecule has 6 rings (SSSR count). The number of aromatic nitrogens is 1. The van der Waals surface area contributed by atoms with E-state index in [1.165, 1.54) is 74.1 Å². The second-order valence-corrected chi connectivity index (χ2v) is 14.2. The number of rotatable bonds is 7. The van der Waals surface area contributed by atoms with Gasteiger partial charge in [0.25, 0.3) is 0 Å². The standard InChI is InChI=1S/C35H39NO12/c1-19(37)44-27-25-26(46-29(39)20-8-9-24(38)36(7)16-20)28(47-31(41)22-12-15-43-18-22)34(6)23(45-30(40)21-11-14-42-17-21)10-13-32(2,3)35(27,34)48-33(25,4)5/h8-9,11-12,14-18,23,25-28H,10,13H2,1-7H3/t23-,25+,26-,27+,28-,34-,35-/m0/s1. The average Bonchev–Trinajstić information content (AvgIpc) is 3.77. The molecule has 7 atom stereocenters. The van der Waals surface area contributed by atoms with Crippen LogP contribution in [0.2, 0.25) is 0 Å². The largest absolute Gasteiger partial charge is 0.472 e. The number of hydrogen-bond acceptors (Lipinski definition) is 12. The molecule has 1 aliphatic heterocycles. The van der Waals surface area contributed by atoms with Gasteiger partial charge in [0.05, 0.1) is 46.2 Å². The van der Waals surface area contributed by atoms with E-state index in [4.69, 9.17) is 32.5 Å². The van der Waals surface area contributed by atoms with Gasteiger partial charge in [0, 0.05) is 26.2 Å². The number of aryl methyl sites for hydroxylation is 1. The summed E-state index contributed by atoms with van der Waals surface area (Å²) >= 11 is 0. The van der Waals surface area contributed by atoms with E-state index in [0.717, 1.165) is 0 Å². The first kappa shape index (κ1) is 33.3. The molecule has 3 aliphatic rings. The molecule has 3 aromatic heterocycles. The summed E-state index contributed by atoms with van der Waals surface area (Å²) in [5.74, 6) is -3.75. The molecule has 48 heavy (non-hydrogen) atoms. The molecular weight excluding hydrogens is 626 g/mol. The summed E-state index contributed by atoms with van der Waals surface area (Å²) in [4.78, 5) is 66.2. The van der Waals surface area contributed by atoms with Gasteiger partial charge >= 0.3 is 23.9 Å². The molecule has 13 heteroatoms. The lowest BCUT2D eigenvalue weighted by Crippen LogP contribution is -2.79. The van der Waals surface area contributed by atoms with Crippen LogP contribution < -0.4 is 5.56 Å². The number of ether oxygens (including phenoxy) is 5. The van der Waals surface area contributed by atoms with Crippen molar-refractivity contribution < 1.29 is 51.7 Å². The van der Waals surface area contributed by atoms with E-state index in [2.05, 4.69) is 0 Å². The Hall–Kier alpha value is -4.65. The van der Waals surface area contributed by atoms with Gasteiger partial charge in [-0.15, -0.1) is 0 Å². The van der Waals surface area contributed by atoms with Crippen molar-refractivity contribution in [3.63, 3.8) is 0 Å². The monoisotopic (exact) mass is 665 g/mol. The molecule has 3 fully saturated rings. The van der Waals surface area contributed by atoms with Gasteiger partial charge in [-0.1, -0.05) is 13.8 Å². The Kier molecular flexibility index (Phi) is 7.97. The summed E-state index contributed by atoms with van der Waals surface area (Å²) in [5, 5.41) is 0. The van der Waals surface area contributed by atoms with Crippen LogP contribution in [-0.4, -0.2) is 64.1 Å². The van der Waals surface area contributed by atoms with E-state index in [1.807, 2.05) is 13.8 Å². The highest BCUT2D eigenvalue weighted by molar-refractivity contribution is 5.90. The normalized spacial score (nSPS) is 31.3. The lowest BCUT2D eigenvalue weighted by Gasteiger charge is -2.66. The molecule has 0 N–H and O–H groups in total. The van der Waals surface area contributed by atoms with Crippen molar-refractivity contribution in [2.75, 3.05) is 0 Å². The molecule has 1 spiro atoms. The summed E-state index contributed by atoms with van der Waals surface area (Å²) in [6, 6.07) is 5.48. The fourth-order valence-electron chi connectivity index (χ4n) is 8.43. The first-order valence-electron chi connectivity index (χ1n) is 15.7. The zero-order valence-corrected chi connectivity index (χ0v) is 27.8. The number of carbonyl (C=O) groups is 4. The van der Waals surface area contributed by atoms with Gasteiger partial charge in [-0.3, -0.25) is 9.59 Å². The Bertz CT molecular complexity index is 1790. The van der Waals surface area contributed by atoms with Gasteiger partial charge in [0.15, 0.2) is 6.10 Å². The molecule has 0 amide bonds. The zero-order chi connectivity index (χ0) is 34.8. The van der Waals surface area contributed by atoms with Gasteiger partial charge in [0.2, 0.25) is 5.56 Å². The fraction of sp³-hybridized carbons (Fsp3) is 0.514. The third-order valence-electron chi connectivity index (χ3n) is 10.6. The van der Waals surface area contributed by atoms with Crippen molar-refractivity contribution in [1.82, 2.24) is 4.57 Å². The van der Waals surface area contributed by atoms with Crippen LogP contribution in [0, 0.1) is 16.7 Å². The highest BCUT2D eigenvalue weighted by atomic mass is 16.6. The minimum Gasteiger partial charge on any atom is -0.472 e. The van der Waals surface area contributed by atoms with Crippen molar-refractivity contribution in [3.8, 4) is 0 Å². The Morgan fingerprint density at radius 1 is 0.792 bits per heavy atom. The van der Waals surface area contributed by atoms with Gasteiger partial charge in [0.1, 0.15) is 36.4 Å². The highest BCUT2D eigenvalue weighted by Crippen LogP contribution is 2.71. The molecule has 3 aromatic rings. The van der Waals surface area contributed by atoms with E-state index in [1.54, 1.807) is 20.8 Å². The van der Waals surface area contributed by atoms with Gasteiger partial charge in [-0.2, -0.15) is 0 Å². The zero-order valence-electron chi connectivity index (χ0n) is 27.8. The van der Waals surface area contributed by atoms with Gasteiger partial charge < -0.3 is 37.1 Å². The highest BCUT2D eigenvalue weighted by Gasteiger charge is 2.84. The van der Waals surface area contributed by atoms with E-state index >= 15 is 0 Å². The SMILES string of the molecule is CC(=O)O[C@@H]1[C@H]2[C@H](OC(=O)c3ccc(=O)n(C)c3)[C@H](OC(=O)c3ccoc3)[C@]3(C)[C@@H](OC(=O)c4ccoc4)CCC(C)(C)[C@@]13OC2(C)C. The van der Waals surface area contributed by atoms with Crippen LogP contribution in [0.5, 0.6) is 0 Å². The quantitative estimate of drug-likeness (QED) is 0.257. The van der Waals surface area contributed by atoms with Crippen molar-refractivity contribution in [3.05, 3.63) is 82.6 Å². The third kappa shape index (κ3) is 4.97. The van der Waals surface area contributed by atoms with Crippen LogP contribution in [-0.2, 0) is 35.5 Å². The number of fused-ring (bicyclic) bond motifs is 1. The maximum atomic E-state index is 13.9. The molecule has 2 aliphatic carbocycles. The molecule has 0 radical (unpaired) electrons. The van der Waals surface area contributed by atoms with E-state index in [-0.39, 0.29) is 22.2 Å². The Morgan fingerprint density at radius 3 is 1.96 bits per heavy atom. The average molecular weight is 666 g/mol. The predicted octanol–water partition coefficient (Wildman–Crippen LogP) is 4.48. The fourth-order valence-corrected chi connectivity index (χ4v) is 8.43. The number of hydrogen-bond donors (Lipinski definition) is 0. The molecule has 1 saturated heterocycles. The summed E-state index contributed by atoms with van der Waals surface area (Å²) < 4.78 is 43.7. The molecular formula is C35H39NO12. The minimum atomic E-state index is -1.49. The van der Waals surface area contributed by atoms with Crippen molar-refractivity contribution in [1.29, 1.82) is 0 Å². The number of nitrogens with zero attached hydrogens (tertiary/aromatic N) is 1. The van der Waals surface area contributed by atoms with Crippen molar-refractivity contribution in [2.45, 2.75) is 90.0 Å². The Labute approximate surface area is 276 Å². The summed E-state index contributed by atoms with van der Waals surface area (Å²) in [7, 11) is 1.50. The summed E-state index contributed by atoms with van der Waals surface area (Å²) in [6.07, 6.45) is 2.62. The predicted molar refractivity (Wildman–Crippen MR) is 165 cm³/mol. The van der Waals surface area contributed by atoms with Crippen LogP contribution in [0.3, 0.4) is 0 Å². The summed E-state index contributed by atoms with van der Waals surface area (Å²) in [6.45, 7) is 10.6. The van der Waals surface area contributed by atoms with Crippen LogP contribution in [0.25, 0.3) is 0 Å². The number of furan rings is 2. The number of esters is 4. The minimum absolute atomic E-state index is 0.0617.